The topological polar surface area (TPSA) is 45.6 Å². The van der Waals surface area contributed by atoms with Crippen molar-refractivity contribution in [3.63, 3.8) is 0 Å². The summed E-state index contributed by atoms with van der Waals surface area (Å²) in [5.41, 5.74) is 1.72. The summed E-state index contributed by atoms with van der Waals surface area (Å²) in [5.74, 6) is -0.0548. The molecule has 0 radical (unpaired) electrons. The summed E-state index contributed by atoms with van der Waals surface area (Å²) in [6.07, 6.45) is 5.95. The second kappa shape index (κ2) is 9.41. The van der Waals surface area contributed by atoms with E-state index >= 15 is 0 Å². The summed E-state index contributed by atoms with van der Waals surface area (Å²) >= 11 is 3.43. The predicted molar refractivity (Wildman–Crippen MR) is 114 cm³/mol. The van der Waals surface area contributed by atoms with E-state index in [9.17, 15) is 9.59 Å². The number of nitrogens with zero attached hydrogens (tertiary/aromatic N) is 3. The van der Waals surface area contributed by atoms with Crippen LogP contribution in [0.5, 0.6) is 0 Å². The fourth-order valence-electron chi connectivity index (χ4n) is 3.30. The van der Waals surface area contributed by atoms with E-state index in [4.69, 9.17) is 0 Å². The summed E-state index contributed by atoms with van der Waals surface area (Å²) in [5, 5.41) is 0. The van der Waals surface area contributed by atoms with Crippen molar-refractivity contribution in [2.45, 2.75) is 45.2 Å². The smallest absolute Gasteiger partial charge is 0.254 e. The van der Waals surface area contributed by atoms with E-state index in [2.05, 4.69) is 22.9 Å². The van der Waals surface area contributed by atoms with Crippen molar-refractivity contribution in [1.29, 1.82) is 0 Å². The summed E-state index contributed by atoms with van der Waals surface area (Å²) in [4.78, 5) is 29.8. The Kier molecular flexibility index (Phi) is 6.94. The number of halogens is 1. The van der Waals surface area contributed by atoms with Crippen LogP contribution in [0.1, 0.15) is 48.7 Å². The van der Waals surface area contributed by atoms with Gasteiger partial charge in [-0.2, -0.15) is 0 Å². The van der Waals surface area contributed by atoms with Gasteiger partial charge in [0.2, 0.25) is 5.91 Å². The Hall–Kier alpha value is -2.08. The molecule has 6 heteroatoms. The number of carbonyl (C=O) groups excluding carboxylic acids is 2. The summed E-state index contributed by atoms with van der Waals surface area (Å²) in [6.45, 7) is 3.41. The fraction of sp³-hybridized carbons (Fsp3) is 0.455. The molecule has 1 heterocycles. The van der Waals surface area contributed by atoms with Crippen LogP contribution in [-0.2, 0) is 18.4 Å². The fourth-order valence-corrected chi connectivity index (χ4v) is 3.70. The molecule has 0 saturated heterocycles. The van der Waals surface area contributed by atoms with Crippen LogP contribution in [0, 0.1) is 0 Å². The van der Waals surface area contributed by atoms with Gasteiger partial charge in [0.25, 0.3) is 5.91 Å². The number of unbranched alkanes of at least 4 members (excludes halogenated alkanes) is 1. The van der Waals surface area contributed by atoms with Gasteiger partial charge in [-0.3, -0.25) is 9.59 Å². The van der Waals surface area contributed by atoms with Crippen LogP contribution in [0.4, 0.5) is 0 Å². The zero-order valence-electron chi connectivity index (χ0n) is 16.6. The first-order valence-corrected chi connectivity index (χ1v) is 10.7. The van der Waals surface area contributed by atoms with Gasteiger partial charge in [0, 0.05) is 41.6 Å². The number of aryl methyl sites for hydroxylation is 1. The van der Waals surface area contributed by atoms with Crippen LogP contribution in [0.15, 0.2) is 47.1 Å². The lowest BCUT2D eigenvalue weighted by atomic mass is 10.2. The minimum Gasteiger partial charge on any atom is -0.353 e. The van der Waals surface area contributed by atoms with E-state index in [1.165, 1.54) is 0 Å². The van der Waals surface area contributed by atoms with Gasteiger partial charge < -0.3 is 14.4 Å². The van der Waals surface area contributed by atoms with Crippen LogP contribution in [0.25, 0.3) is 0 Å². The summed E-state index contributed by atoms with van der Waals surface area (Å²) in [6, 6.07) is 11.7. The zero-order chi connectivity index (χ0) is 20.1. The molecule has 1 fully saturated rings. The molecule has 150 valence electrons. The third-order valence-electron chi connectivity index (χ3n) is 5.16. The molecule has 1 aromatic heterocycles. The molecule has 0 spiro atoms. The van der Waals surface area contributed by atoms with Crippen LogP contribution in [0.3, 0.4) is 0 Å². The molecule has 1 aromatic carbocycles. The van der Waals surface area contributed by atoms with Crippen molar-refractivity contribution >= 4 is 27.7 Å². The van der Waals surface area contributed by atoms with Crippen LogP contribution < -0.4 is 0 Å². The lowest BCUT2D eigenvalue weighted by Gasteiger charge is -2.28. The van der Waals surface area contributed by atoms with Gasteiger partial charge in [0.05, 0.1) is 6.54 Å². The zero-order valence-corrected chi connectivity index (χ0v) is 18.2. The quantitative estimate of drug-likeness (QED) is 0.579. The van der Waals surface area contributed by atoms with Gasteiger partial charge in [-0.1, -0.05) is 35.3 Å². The molecule has 0 N–H and O–H groups in total. The maximum atomic E-state index is 13.2. The normalized spacial score (nSPS) is 13.4. The highest BCUT2D eigenvalue weighted by atomic mass is 79.9. The second-order valence-corrected chi connectivity index (χ2v) is 8.37. The molecule has 2 aromatic rings. The Bertz CT molecular complexity index is 829. The van der Waals surface area contributed by atoms with E-state index in [0.29, 0.717) is 24.7 Å². The first-order valence-electron chi connectivity index (χ1n) is 9.94. The highest BCUT2D eigenvalue weighted by Crippen LogP contribution is 2.29. The molecular weight excluding hydrogens is 418 g/mol. The van der Waals surface area contributed by atoms with Gasteiger partial charge in [0.1, 0.15) is 6.54 Å². The van der Waals surface area contributed by atoms with Crippen molar-refractivity contribution in [2.24, 2.45) is 7.05 Å². The monoisotopic (exact) mass is 445 g/mol. The molecule has 2 amide bonds. The van der Waals surface area contributed by atoms with Gasteiger partial charge in [-0.15, -0.1) is 0 Å². The van der Waals surface area contributed by atoms with E-state index in [1.807, 2.05) is 53.0 Å². The molecule has 0 aliphatic heterocycles. The van der Waals surface area contributed by atoms with Crippen molar-refractivity contribution in [2.75, 3.05) is 13.1 Å². The molecule has 0 atom stereocenters. The van der Waals surface area contributed by atoms with E-state index in [0.717, 1.165) is 35.8 Å². The van der Waals surface area contributed by atoms with E-state index in [-0.39, 0.29) is 18.4 Å². The molecule has 1 aliphatic carbocycles. The van der Waals surface area contributed by atoms with Gasteiger partial charge >= 0.3 is 0 Å². The average molecular weight is 446 g/mol. The molecule has 5 nitrogen and oxygen atoms in total. The van der Waals surface area contributed by atoms with Crippen LogP contribution in [0.2, 0.25) is 0 Å². The largest absolute Gasteiger partial charge is 0.353 e. The number of hydrogen-bond donors (Lipinski definition) is 0. The third-order valence-corrected chi connectivity index (χ3v) is 5.65. The highest BCUT2D eigenvalue weighted by Gasteiger charge is 2.34. The highest BCUT2D eigenvalue weighted by molar-refractivity contribution is 9.10. The van der Waals surface area contributed by atoms with Crippen LogP contribution in [-0.4, -0.2) is 45.3 Å². The Morgan fingerprint density at radius 2 is 2.00 bits per heavy atom. The first-order chi connectivity index (χ1) is 13.5. The summed E-state index contributed by atoms with van der Waals surface area (Å²) in [7, 11) is 2.00. The van der Waals surface area contributed by atoms with Gasteiger partial charge in [-0.25, -0.2) is 0 Å². The molecule has 0 unspecified atom stereocenters. The maximum Gasteiger partial charge on any atom is 0.254 e. The maximum absolute atomic E-state index is 13.2. The number of amides is 2. The number of rotatable bonds is 9. The van der Waals surface area contributed by atoms with Crippen molar-refractivity contribution in [3.05, 3.63) is 58.3 Å². The molecule has 28 heavy (non-hydrogen) atoms. The standard InChI is InChI=1S/C22H28BrN3O2/c1-3-4-13-25(22(28)17-7-5-8-18(23)14-17)16-21(27)26(19-10-11-19)15-20-9-6-12-24(20)2/h5-9,12,14,19H,3-4,10-11,13,15-16H2,1-2H3. The number of aromatic nitrogens is 1. The number of benzene rings is 1. The number of carbonyl (C=O) groups is 2. The Balaban J connectivity index is 1.73. The van der Waals surface area contributed by atoms with Crippen molar-refractivity contribution in [1.82, 2.24) is 14.4 Å². The Morgan fingerprint density at radius 3 is 2.61 bits per heavy atom. The predicted octanol–water partition coefficient (Wildman–Crippen LogP) is 4.22. The minimum absolute atomic E-state index is 0.0307. The first kappa shape index (κ1) is 20.6. The van der Waals surface area contributed by atoms with Crippen LogP contribution >= 0.6 is 15.9 Å². The lowest BCUT2D eigenvalue weighted by Crippen LogP contribution is -2.44. The van der Waals surface area contributed by atoms with Crippen molar-refractivity contribution < 1.29 is 9.59 Å². The molecule has 1 aliphatic rings. The summed E-state index contributed by atoms with van der Waals surface area (Å²) < 4.78 is 2.91. The van der Waals surface area contributed by atoms with Gasteiger partial charge in [-0.05, 0) is 49.6 Å². The lowest BCUT2D eigenvalue weighted by molar-refractivity contribution is -0.133. The minimum atomic E-state index is -0.0855. The Labute approximate surface area is 175 Å². The van der Waals surface area contributed by atoms with Gasteiger partial charge in [0.15, 0.2) is 0 Å². The third kappa shape index (κ3) is 5.25. The molecule has 3 rings (SSSR count). The molecule has 1 saturated carbocycles. The Morgan fingerprint density at radius 1 is 1.21 bits per heavy atom. The van der Waals surface area contributed by atoms with Crippen molar-refractivity contribution in [3.8, 4) is 0 Å². The molecule has 0 bridgehead atoms. The second-order valence-electron chi connectivity index (χ2n) is 7.45. The van der Waals surface area contributed by atoms with E-state index in [1.54, 1.807) is 11.0 Å². The number of hydrogen-bond acceptors (Lipinski definition) is 2. The molecular formula is C22H28BrN3O2. The average Bonchev–Trinajstić information content (AvgIpc) is 3.44. The van der Waals surface area contributed by atoms with E-state index < -0.39 is 0 Å². The SMILES string of the molecule is CCCCN(CC(=O)N(Cc1cccn1C)C1CC1)C(=O)c1cccc(Br)c1.